The fraction of sp³-hybridized carbons (Fsp3) is 0.389. The van der Waals surface area contributed by atoms with Crippen molar-refractivity contribution in [2.75, 3.05) is 5.32 Å². The molecule has 3 N–H and O–H groups in total. The molecule has 1 aromatic carbocycles. The number of carboxylic acids is 1. The lowest BCUT2D eigenvalue weighted by molar-refractivity contribution is -0.145. The lowest BCUT2D eigenvalue weighted by Crippen LogP contribution is -2.48. The van der Waals surface area contributed by atoms with E-state index in [0.717, 1.165) is 16.9 Å². The Hall–Kier alpha value is -2.83. The summed E-state index contributed by atoms with van der Waals surface area (Å²) in [4.78, 5) is 23.0. The van der Waals surface area contributed by atoms with Gasteiger partial charge in [0.1, 0.15) is 0 Å². The molecule has 7 nitrogen and oxygen atoms in total. The van der Waals surface area contributed by atoms with Gasteiger partial charge in [0.05, 0.1) is 29.2 Å². The molecule has 0 saturated heterocycles. The first kappa shape index (κ1) is 17.0. The maximum Gasteiger partial charge on any atom is 0.319 e. The Morgan fingerprint density at radius 3 is 2.68 bits per heavy atom. The second-order valence-electron chi connectivity index (χ2n) is 6.36. The summed E-state index contributed by atoms with van der Waals surface area (Å²) in [5, 5.41) is 18.9. The van der Waals surface area contributed by atoms with Gasteiger partial charge >= 0.3 is 12.0 Å². The van der Waals surface area contributed by atoms with Gasteiger partial charge in [-0.1, -0.05) is 25.1 Å². The van der Waals surface area contributed by atoms with Crippen molar-refractivity contribution in [2.45, 2.75) is 39.2 Å². The summed E-state index contributed by atoms with van der Waals surface area (Å²) < 4.78 is 1.84. The molecule has 0 bridgehead atoms. The van der Waals surface area contributed by atoms with Crippen LogP contribution in [0.3, 0.4) is 0 Å². The Labute approximate surface area is 146 Å². The zero-order valence-electron chi connectivity index (χ0n) is 14.3. The molecule has 1 aliphatic carbocycles. The van der Waals surface area contributed by atoms with Crippen LogP contribution < -0.4 is 10.6 Å². The van der Waals surface area contributed by atoms with E-state index >= 15 is 0 Å². The van der Waals surface area contributed by atoms with Crippen LogP contribution in [0.2, 0.25) is 0 Å². The lowest BCUT2D eigenvalue weighted by Gasteiger charge is -2.32. The average molecular weight is 342 g/mol. The van der Waals surface area contributed by atoms with Gasteiger partial charge in [0.2, 0.25) is 0 Å². The SMILES string of the molecule is CCc1c(NC(=O)NC2CC(C(=O)O)C2)cnn1-c1ccccc1C. The summed E-state index contributed by atoms with van der Waals surface area (Å²) in [5.41, 5.74) is 3.67. The van der Waals surface area contributed by atoms with Crippen LogP contribution in [-0.2, 0) is 11.2 Å². The molecule has 0 spiro atoms. The van der Waals surface area contributed by atoms with Crippen LogP contribution in [-0.4, -0.2) is 32.9 Å². The van der Waals surface area contributed by atoms with Crippen LogP contribution in [0.15, 0.2) is 30.5 Å². The predicted octanol–water partition coefficient (Wildman–Crippen LogP) is 2.73. The Kier molecular flexibility index (Phi) is 4.74. The van der Waals surface area contributed by atoms with Crippen molar-refractivity contribution >= 4 is 17.7 Å². The molecule has 7 heteroatoms. The second kappa shape index (κ2) is 6.96. The van der Waals surface area contributed by atoms with E-state index < -0.39 is 5.97 Å². The van der Waals surface area contributed by atoms with E-state index in [1.165, 1.54) is 0 Å². The molecule has 1 fully saturated rings. The van der Waals surface area contributed by atoms with E-state index in [9.17, 15) is 9.59 Å². The van der Waals surface area contributed by atoms with Crippen molar-refractivity contribution in [1.82, 2.24) is 15.1 Å². The number of carboxylic acid groups (broad SMARTS) is 1. The molecule has 2 amide bonds. The molecule has 0 radical (unpaired) electrons. The fourth-order valence-corrected chi connectivity index (χ4v) is 3.11. The number of para-hydroxylation sites is 1. The first-order chi connectivity index (χ1) is 12.0. The van der Waals surface area contributed by atoms with Crippen LogP contribution >= 0.6 is 0 Å². The summed E-state index contributed by atoms with van der Waals surface area (Å²) >= 11 is 0. The largest absolute Gasteiger partial charge is 0.481 e. The maximum absolute atomic E-state index is 12.2. The van der Waals surface area contributed by atoms with Crippen molar-refractivity contribution in [1.29, 1.82) is 0 Å². The Morgan fingerprint density at radius 1 is 1.32 bits per heavy atom. The first-order valence-electron chi connectivity index (χ1n) is 8.42. The molecule has 25 heavy (non-hydrogen) atoms. The van der Waals surface area contributed by atoms with Gasteiger partial charge in [-0.25, -0.2) is 9.48 Å². The molecular weight excluding hydrogens is 320 g/mol. The summed E-state index contributed by atoms with van der Waals surface area (Å²) in [7, 11) is 0. The number of carbonyl (C=O) groups excluding carboxylic acids is 1. The number of anilines is 1. The number of urea groups is 1. The topological polar surface area (TPSA) is 96.2 Å². The van der Waals surface area contributed by atoms with Gasteiger partial charge in [0, 0.05) is 6.04 Å². The molecule has 0 unspecified atom stereocenters. The Bertz CT molecular complexity index is 793. The maximum atomic E-state index is 12.2. The summed E-state index contributed by atoms with van der Waals surface area (Å²) in [6, 6.07) is 7.53. The Morgan fingerprint density at radius 2 is 2.04 bits per heavy atom. The molecule has 2 aromatic rings. The molecule has 1 aromatic heterocycles. The minimum Gasteiger partial charge on any atom is -0.481 e. The normalized spacial score (nSPS) is 19.1. The molecule has 132 valence electrons. The van der Waals surface area contributed by atoms with Gasteiger partial charge < -0.3 is 15.7 Å². The monoisotopic (exact) mass is 342 g/mol. The van der Waals surface area contributed by atoms with E-state index in [0.29, 0.717) is 24.9 Å². The van der Waals surface area contributed by atoms with Crippen molar-refractivity contribution in [3.8, 4) is 5.69 Å². The second-order valence-corrected chi connectivity index (χ2v) is 6.36. The van der Waals surface area contributed by atoms with Crippen LogP contribution in [0.25, 0.3) is 5.69 Å². The molecule has 0 atom stereocenters. The molecule has 0 aliphatic heterocycles. The zero-order valence-corrected chi connectivity index (χ0v) is 14.3. The van der Waals surface area contributed by atoms with Gasteiger partial charge in [0.15, 0.2) is 0 Å². The number of amides is 2. The third-order valence-corrected chi connectivity index (χ3v) is 4.62. The highest BCUT2D eigenvalue weighted by atomic mass is 16.4. The number of nitrogens with zero attached hydrogens (tertiary/aromatic N) is 2. The molecule has 3 rings (SSSR count). The van der Waals surface area contributed by atoms with Gasteiger partial charge in [-0.05, 0) is 37.8 Å². The molecule has 1 saturated carbocycles. The highest BCUT2D eigenvalue weighted by molar-refractivity contribution is 5.90. The number of aryl methyl sites for hydroxylation is 1. The van der Waals surface area contributed by atoms with Crippen LogP contribution in [0.4, 0.5) is 10.5 Å². The summed E-state index contributed by atoms with van der Waals surface area (Å²) in [6.07, 6.45) is 3.32. The number of rotatable bonds is 5. The standard InChI is InChI=1S/C18H22N4O3/c1-3-15-14(10-19-22(15)16-7-5-4-6-11(16)2)21-18(25)20-13-8-12(9-13)17(23)24/h4-7,10,12-13H,3,8-9H2,1-2H3,(H,23,24)(H2,20,21,25). The van der Waals surface area contributed by atoms with E-state index in [1.807, 2.05) is 42.8 Å². The van der Waals surface area contributed by atoms with Gasteiger partial charge in [0.25, 0.3) is 0 Å². The van der Waals surface area contributed by atoms with Crippen LogP contribution in [0.5, 0.6) is 0 Å². The quantitative estimate of drug-likeness (QED) is 0.778. The van der Waals surface area contributed by atoms with Crippen molar-refractivity contribution in [3.05, 3.63) is 41.7 Å². The highest BCUT2D eigenvalue weighted by Gasteiger charge is 2.35. The van der Waals surface area contributed by atoms with Crippen molar-refractivity contribution in [3.63, 3.8) is 0 Å². The number of nitrogens with one attached hydrogen (secondary N) is 2. The zero-order chi connectivity index (χ0) is 18.0. The minimum atomic E-state index is -0.800. The van der Waals surface area contributed by atoms with Gasteiger partial charge in [-0.15, -0.1) is 0 Å². The minimum absolute atomic E-state index is 0.0856. The molecular formula is C18H22N4O3. The van der Waals surface area contributed by atoms with Crippen molar-refractivity contribution < 1.29 is 14.7 Å². The van der Waals surface area contributed by atoms with Gasteiger partial charge in [-0.3, -0.25) is 4.79 Å². The predicted molar refractivity (Wildman–Crippen MR) is 94.0 cm³/mol. The number of benzene rings is 1. The number of carbonyl (C=O) groups is 2. The van der Waals surface area contributed by atoms with E-state index in [4.69, 9.17) is 5.11 Å². The fourth-order valence-electron chi connectivity index (χ4n) is 3.11. The van der Waals surface area contributed by atoms with Crippen molar-refractivity contribution in [2.24, 2.45) is 5.92 Å². The van der Waals surface area contributed by atoms with Gasteiger partial charge in [-0.2, -0.15) is 5.10 Å². The third-order valence-electron chi connectivity index (χ3n) is 4.62. The lowest BCUT2D eigenvalue weighted by atomic mass is 9.80. The third kappa shape index (κ3) is 3.50. The van der Waals surface area contributed by atoms with E-state index in [2.05, 4.69) is 15.7 Å². The number of hydrogen-bond acceptors (Lipinski definition) is 3. The summed E-state index contributed by atoms with van der Waals surface area (Å²) in [5.74, 6) is -1.15. The molecule has 1 aliphatic rings. The van der Waals surface area contributed by atoms with E-state index in [-0.39, 0.29) is 18.0 Å². The number of hydrogen-bond donors (Lipinski definition) is 3. The smallest absolute Gasteiger partial charge is 0.319 e. The number of aliphatic carboxylic acids is 1. The number of aromatic nitrogens is 2. The van der Waals surface area contributed by atoms with Crippen LogP contribution in [0.1, 0.15) is 31.0 Å². The highest BCUT2D eigenvalue weighted by Crippen LogP contribution is 2.28. The average Bonchev–Trinajstić information content (AvgIpc) is 2.92. The van der Waals surface area contributed by atoms with E-state index in [1.54, 1.807) is 6.20 Å². The Balaban J connectivity index is 1.68. The van der Waals surface area contributed by atoms with Crippen LogP contribution in [0, 0.1) is 12.8 Å². The molecule has 1 heterocycles. The first-order valence-corrected chi connectivity index (χ1v) is 8.42. The summed E-state index contributed by atoms with van der Waals surface area (Å²) in [6.45, 7) is 4.03.